The number of Topliss-reactive ketones (excluding diaryl/α,β-unsaturated/α-hetero) is 1. The third kappa shape index (κ3) is 5.32. The predicted molar refractivity (Wildman–Crippen MR) is 133 cm³/mol. The Hall–Kier alpha value is -3.86. The maximum Gasteiger partial charge on any atom is 0.258 e. The summed E-state index contributed by atoms with van der Waals surface area (Å²) in [4.78, 5) is 28.7. The fourth-order valence-corrected chi connectivity index (χ4v) is 4.32. The van der Waals surface area contributed by atoms with Gasteiger partial charge in [-0.3, -0.25) is 20.0 Å². The van der Waals surface area contributed by atoms with Crippen LogP contribution in [0.4, 0.5) is 11.4 Å². The van der Waals surface area contributed by atoms with Gasteiger partial charge in [-0.15, -0.1) is 6.58 Å². The second kappa shape index (κ2) is 10.6. The zero-order valence-corrected chi connectivity index (χ0v) is 18.7. The summed E-state index contributed by atoms with van der Waals surface area (Å²) in [6.07, 6.45) is 4.19. The van der Waals surface area contributed by atoms with E-state index in [9.17, 15) is 9.59 Å². The van der Waals surface area contributed by atoms with E-state index in [0.29, 0.717) is 18.5 Å². The molecule has 5 nitrogen and oxygen atoms in total. The first-order chi connectivity index (χ1) is 16.2. The molecule has 1 heterocycles. The molecule has 1 unspecified atom stereocenters. The van der Waals surface area contributed by atoms with Crippen LogP contribution >= 0.6 is 0 Å². The van der Waals surface area contributed by atoms with Crippen molar-refractivity contribution in [3.05, 3.63) is 109 Å². The second-order valence-corrected chi connectivity index (χ2v) is 8.18. The molecular formula is C28H29N3O2. The van der Waals surface area contributed by atoms with Crippen LogP contribution in [0.5, 0.6) is 0 Å². The lowest BCUT2D eigenvalue weighted by molar-refractivity contribution is -0.120. The standard InChI is InChI=1S/C28H29N3O2/c1-2-20-30(24-16-7-4-8-17-24)21-27(32)29-31-25-18-10-9-12-22(25)15-11-19-26(31)28(33)23-13-5-3-6-14-23/h2-10,12-14,16-18,26H,1,11,15,19-21H2,(H,29,32). The first-order valence-corrected chi connectivity index (χ1v) is 11.3. The summed E-state index contributed by atoms with van der Waals surface area (Å²) >= 11 is 0. The monoisotopic (exact) mass is 439 g/mol. The van der Waals surface area contributed by atoms with Gasteiger partial charge in [-0.25, -0.2) is 0 Å². The minimum absolute atomic E-state index is 0.0126. The number of hydrogen-bond donors (Lipinski definition) is 1. The summed E-state index contributed by atoms with van der Waals surface area (Å²) in [6.45, 7) is 4.53. The lowest BCUT2D eigenvalue weighted by atomic mass is 9.99. The Kier molecular flexibility index (Phi) is 7.20. The summed E-state index contributed by atoms with van der Waals surface area (Å²) in [5.41, 5.74) is 6.68. The van der Waals surface area contributed by atoms with E-state index in [1.165, 1.54) is 0 Å². The molecule has 0 fully saturated rings. The number of nitrogens with zero attached hydrogens (tertiary/aromatic N) is 2. The zero-order valence-electron chi connectivity index (χ0n) is 18.7. The van der Waals surface area contributed by atoms with Crippen molar-refractivity contribution in [2.24, 2.45) is 0 Å². The Morgan fingerprint density at radius 2 is 1.64 bits per heavy atom. The van der Waals surface area contributed by atoms with Crippen LogP contribution in [0, 0.1) is 0 Å². The summed E-state index contributed by atoms with van der Waals surface area (Å²) in [5, 5.41) is 1.79. The van der Waals surface area contributed by atoms with Gasteiger partial charge in [-0.1, -0.05) is 72.8 Å². The van der Waals surface area contributed by atoms with Crippen molar-refractivity contribution in [2.75, 3.05) is 23.0 Å². The van der Waals surface area contributed by atoms with E-state index in [0.717, 1.165) is 29.8 Å². The normalized spacial score (nSPS) is 15.2. The fraction of sp³-hybridized carbons (Fsp3) is 0.214. The number of fused-ring (bicyclic) bond motifs is 1. The van der Waals surface area contributed by atoms with Crippen LogP contribution in [0.15, 0.2) is 97.6 Å². The van der Waals surface area contributed by atoms with Crippen LogP contribution in [0.1, 0.15) is 28.8 Å². The molecule has 4 rings (SSSR count). The van der Waals surface area contributed by atoms with Crippen LogP contribution in [-0.2, 0) is 11.2 Å². The molecule has 3 aromatic rings. The van der Waals surface area contributed by atoms with Gasteiger partial charge in [0.1, 0.15) is 6.04 Å². The third-order valence-electron chi connectivity index (χ3n) is 5.90. The number of hydrazine groups is 1. The number of amides is 1. The van der Waals surface area contributed by atoms with Crippen molar-refractivity contribution < 1.29 is 9.59 Å². The number of rotatable bonds is 8. The molecule has 0 spiro atoms. The number of hydrogen-bond acceptors (Lipinski definition) is 4. The number of anilines is 2. The second-order valence-electron chi connectivity index (χ2n) is 8.18. The average molecular weight is 440 g/mol. The highest BCUT2D eigenvalue weighted by atomic mass is 16.2. The number of carbonyl (C=O) groups excluding carboxylic acids is 2. The number of benzene rings is 3. The minimum Gasteiger partial charge on any atom is -0.358 e. The van der Waals surface area contributed by atoms with E-state index >= 15 is 0 Å². The molecule has 168 valence electrons. The molecule has 0 aliphatic carbocycles. The molecule has 1 aliphatic rings. The van der Waals surface area contributed by atoms with Gasteiger partial charge >= 0.3 is 0 Å². The lowest BCUT2D eigenvalue weighted by Gasteiger charge is -2.33. The van der Waals surface area contributed by atoms with E-state index in [1.807, 2.05) is 83.8 Å². The molecule has 1 amide bonds. The highest BCUT2D eigenvalue weighted by Gasteiger charge is 2.32. The molecule has 0 saturated carbocycles. The molecular weight excluding hydrogens is 410 g/mol. The molecule has 1 N–H and O–H groups in total. The van der Waals surface area contributed by atoms with Crippen molar-refractivity contribution in [1.82, 2.24) is 5.43 Å². The zero-order chi connectivity index (χ0) is 23.0. The van der Waals surface area contributed by atoms with Crippen LogP contribution < -0.4 is 15.3 Å². The SMILES string of the molecule is C=CCN(CC(=O)NN1c2ccccc2CCCC1C(=O)c1ccccc1)c1ccccc1. The average Bonchev–Trinajstić information content (AvgIpc) is 3.04. The number of carbonyl (C=O) groups is 2. The number of nitrogens with one attached hydrogen (secondary N) is 1. The quantitative estimate of drug-likeness (QED) is 0.404. The van der Waals surface area contributed by atoms with E-state index < -0.39 is 6.04 Å². The van der Waals surface area contributed by atoms with Gasteiger partial charge in [0.15, 0.2) is 5.78 Å². The van der Waals surface area contributed by atoms with Crippen molar-refractivity contribution >= 4 is 23.1 Å². The molecule has 1 aliphatic heterocycles. The maximum absolute atomic E-state index is 13.5. The smallest absolute Gasteiger partial charge is 0.258 e. The van der Waals surface area contributed by atoms with Crippen molar-refractivity contribution in [1.29, 1.82) is 0 Å². The van der Waals surface area contributed by atoms with Gasteiger partial charge in [0.25, 0.3) is 5.91 Å². The Morgan fingerprint density at radius 1 is 0.970 bits per heavy atom. The van der Waals surface area contributed by atoms with Crippen molar-refractivity contribution in [3.63, 3.8) is 0 Å². The van der Waals surface area contributed by atoms with Crippen LogP contribution in [-0.4, -0.2) is 30.8 Å². The van der Waals surface area contributed by atoms with E-state index in [1.54, 1.807) is 11.1 Å². The van der Waals surface area contributed by atoms with Crippen molar-refractivity contribution in [3.8, 4) is 0 Å². The van der Waals surface area contributed by atoms with Gasteiger partial charge in [-0.05, 0) is 43.0 Å². The van der Waals surface area contributed by atoms with Crippen LogP contribution in [0.25, 0.3) is 0 Å². The van der Waals surface area contributed by atoms with E-state index in [2.05, 4.69) is 18.1 Å². The highest BCUT2D eigenvalue weighted by Crippen LogP contribution is 2.29. The molecule has 0 aromatic heterocycles. The number of aryl methyl sites for hydroxylation is 1. The summed E-state index contributed by atoms with van der Waals surface area (Å²) in [6, 6.07) is 26.6. The number of para-hydroxylation sites is 2. The molecule has 0 radical (unpaired) electrons. The first-order valence-electron chi connectivity index (χ1n) is 11.3. The van der Waals surface area contributed by atoms with Gasteiger partial charge < -0.3 is 4.90 Å². The fourth-order valence-electron chi connectivity index (χ4n) is 4.32. The largest absolute Gasteiger partial charge is 0.358 e. The molecule has 0 saturated heterocycles. The summed E-state index contributed by atoms with van der Waals surface area (Å²) in [7, 11) is 0. The topological polar surface area (TPSA) is 52.7 Å². The molecule has 0 bridgehead atoms. The summed E-state index contributed by atoms with van der Waals surface area (Å²) in [5.74, 6) is -0.165. The van der Waals surface area contributed by atoms with Gasteiger partial charge in [0.2, 0.25) is 0 Å². The van der Waals surface area contributed by atoms with Crippen LogP contribution in [0.3, 0.4) is 0 Å². The van der Waals surface area contributed by atoms with Crippen LogP contribution in [0.2, 0.25) is 0 Å². The van der Waals surface area contributed by atoms with Gasteiger partial charge in [-0.2, -0.15) is 0 Å². The molecule has 5 heteroatoms. The first kappa shape index (κ1) is 22.3. The minimum atomic E-state index is -0.468. The van der Waals surface area contributed by atoms with E-state index in [4.69, 9.17) is 0 Å². The molecule has 3 aromatic carbocycles. The summed E-state index contributed by atoms with van der Waals surface area (Å²) < 4.78 is 0. The Morgan fingerprint density at radius 3 is 2.36 bits per heavy atom. The molecule has 33 heavy (non-hydrogen) atoms. The Bertz CT molecular complexity index is 1100. The Balaban J connectivity index is 1.61. The van der Waals surface area contributed by atoms with E-state index in [-0.39, 0.29) is 18.2 Å². The lowest BCUT2D eigenvalue weighted by Crippen LogP contribution is -2.54. The van der Waals surface area contributed by atoms with Gasteiger partial charge in [0.05, 0.1) is 12.2 Å². The number of ketones is 1. The maximum atomic E-state index is 13.5. The van der Waals surface area contributed by atoms with Gasteiger partial charge in [0, 0.05) is 17.8 Å². The predicted octanol–water partition coefficient (Wildman–Crippen LogP) is 4.80. The third-order valence-corrected chi connectivity index (χ3v) is 5.90. The Labute approximate surface area is 195 Å². The highest BCUT2D eigenvalue weighted by molar-refractivity contribution is 6.02. The van der Waals surface area contributed by atoms with Crippen molar-refractivity contribution in [2.45, 2.75) is 25.3 Å². The molecule has 1 atom stereocenters.